The molecule has 13 heavy (non-hydrogen) atoms. The van der Waals surface area contributed by atoms with Gasteiger partial charge >= 0.3 is 5.97 Å². The largest absolute Gasteiger partial charge is 0.481 e. The maximum Gasteiger partial charge on any atom is 0.307 e. The first-order valence-corrected chi connectivity index (χ1v) is 5.72. The molecule has 0 heterocycles. The molecule has 3 atom stereocenters. The number of rotatable bonds is 3. The van der Waals surface area contributed by atoms with E-state index in [1.54, 1.807) is 0 Å². The van der Waals surface area contributed by atoms with E-state index in [0.717, 1.165) is 4.48 Å². The molecule has 0 aromatic rings. The van der Waals surface area contributed by atoms with Gasteiger partial charge in [0.2, 0.25) is 0 Å². The molecule has 1 aliphatic carbocycles. The molecule has 1 saturated carbocycles. The fourth-order valence-corrected chi connectivity index (χ4v) is 3.16. The highest BCUT2D eigenvalue weighted by atomic mass is 79.9. The molecule has 0 saturated heterocycles. The molecule has 0 bridgehead atoms. The number of aliphatic carboxylic acids is 1. The summed E-state index contributed by atoms with van der Waals surface area (Å²) in [6, 6.07) is 0. The highest BCUT2D eigenvalue weighted by Gasteiger charge is 2.64. The Morgan fingerprint density at radius 1 is 1.62 bits per heavy atom. The molecule has 0 aromatic carbocycles. The van der Waals surface area contributed by atoms with Crippen molar-refractivity contribution >= 4 is 37.8 Å². The van der Waals surface area contributed by atoms with E-state index in [2.05, 4.69) is 38.4 Å². The molecule has 2 nitrogen and oxygen atoms in total. The van der Waals surface area contributed by atoms with Gasteiger partial charge in [0, 0.05) is 9.31 Å². The minimum absolute atomic E-state index is 0.0450. The molecular weight excluding hydrogens is 300 g/mol. The molecular formula is C9H12Br2O2. The highest BCUT2D eigenvalue weighted by molar-refractivity contribution is 9.14. The number of carbonyl (C=O) groups is 1. The first-order chi connectivity index (χ1) is 5.80. The van der Waals surface area contributed by atoms with Gasteiger partial charge in [-0.25, -0.2) is 0 Å². The van der Waals surface area contributed by atoms with Crippen LogP contribution in [0.15, 0.2) is 11.1 Å². The number of carboxylic acid groups (broad SMARTS) is 1. The summed E-state index contributed by atoms with van der Waals surface area (Å²) in [6.45, 7) is 7.70. The molecule has 0 aromatic heterocycles. The second kappa shape index (κ2) is 3.39. The van der Waals surface area contributed by atoms with Gasteiger partial charge in [0.15, 0.2) is 0 Å². The van der Waals surface area contributed by atoms with Gasteiger partial charge in [-0.15, -0.1) is 0 Å². The van der Waals surface area contributed by atoms with Crippen molar-refractivity contribution in [3.8, 4) is 0 Å². The fraction of sp³-hybridized carbons (Fsp3) is 0.667. The molecule has 0 amide bonds. The van der Waals surface area contributed by atoms with E-state index in [4.69, 9.17) is 5.11 Å². The summed E-state index contributed by atoms with van der Waals surface area (Å²) >= 11 is 6.72. The Kier molecular flexibility index (Phi) is 2.93. The summed E-state index contributed by atoms with van der Waals surface area (Å²) in [5.41, 5.74) is -0.128. The molecule has 1 aliphatic rings. The lowest BCUT2D eigenvalue weighted by atomic mass is 10.1. The van der Waals surface area contributed by atoms with Gasteiger partial charge in [-0.3, -0.25) is 4.79 Å². The number of hydrogen-bond acceptors (Lipinski definition) is 1. The Labute approximate surface area is 94.7 Å². The Hall–Kier alpha value is 0.170. The molecule has 4 heteroatoms. The van der Waals surface area contributed by atoms with Crippen molar-refractivity contribution in [3.05, 3.63) is 11.1 Å². The number of halogens is 2. The van der Waals surface area contributed by atoms with Crippen molar-refractivity contribution in [2.24, 2.45) is 17.3 Å². The van der Waals surface area contributed by atoms with Gasteiger partial charge in [-0.1, -0.05) is 52.3 Å². The van der Waals surface area contributed by atoms with Gasteiger partial charge in [0.25, 0.3) is 0 Å². The second-order valence-electron chi connectivity index (χ2n) is 4.01. The summed E-state index contributed by atoms with van der Waals surface area (Å²) in [7, 11) is 0. The number of allylic oxidation sites excluding steroid dienone is 1. The zero-order valence-electron chi connectivity index (χ0n) is 7.55. The van der Waals surface area contributed by atoms with Gasteiger partial charge < -0.3 is 5.11 Å². The van der Waals surface area contributed by atoms with E-state index < -0.39 is 5.97 Å². The van der Waals surface area contributed by atoms with E-state index in [0.29, 0.717) is 0 Å². The van der Waals surface area contributed by atoms with Crippen molar-refractivity contribution in [3.63, 3.8) is 0 Å². The van der Waals surface area contributed by atoms with Crippen LogP contribution in [0.1, 0.15) is 13.8 Å². The van der Waals surface area contributed by atoms with Crippen molar-refractivity contribution in [1.29, 1.82) is 0 Å². The number of hydrogen-bond donors (Lipinski definition) is 1. The van der Waals surface area contributed by atoms with Gasteiger partial charge in [-0.2, -0.15) is 0 Å². The van der Waals surface area contributed by atoms with Crippen LogP contribution in [0.4, 0.5) is 0 Å². The lowest BCUT2D eigenvalue weighted by molar-refractivity contribution is -0.139. The van der Waals surface area contributed by atoms with Crippen molar-refractivity contribution in [1.82, 2.24) is 0 Å². The molecule has 0 radical (unpaired) electrons. The standard InChI is InChI=1S/C9H12Br2O2/c1-4(10)7(11)5-6(8(12)13)9(5,2)3/h5-7H,1H2,2-3H3,(H,12,13). The molecule has 1 N–H and O–H groups in total. The second-order valence-corrected chi connectivity index (χ2v) is 6.02. The third-order valence-electron chi connectivity index (χ3n) is 2.79. The van der Waals surface area contributed by atoms with Crippen LogP contribution in [0.3, 0.4) is 0 Å². The van der Waals surface area contributed by atoms with Crippen molar-refractivity contribution < 1.29 is 9.90 Å². The van der Waals surface area contributed by atoms with Crippen LogP contribution in [0, 0.1) is 17.3 Å². The van der Waals surface area contributed by atoms with Crippen LogP contribution >= 0.6 is 31.9 Å². The van der Waals surface area contributed by atoms with E-state index >= 15 is 0 Å². The predicted octanol–water partition coefficient (Wildman–Crippen LogP) is 3.02. The average Bonchev–Trinajstić information content (AvgIpc) is 2.51. The lowest BCUT2D eigenvalue weighted by Gasteiger charge is -2.08. The number of carboxylic acids is 1. The quantitative estimate of drug-likeness (QED) is 0.814. The monoisotopic (exact) mass is 310 g/mol. The summed E-state index contributed by atoms with van der Waals surface area (Å²) in [5.74, 6) is -0.837. The fourth-order valence-electron chi connectivity index (χ4n) is 1.89. The smallest absolute Gasteiger partial charge is 0.307 e. The van der Waals surface area contributed by atoms with Crippen LogP contribution in [0.5, 0.6) is 0 Å². The minimum Gasteiger partial charge on any atom is -0.481 e. The first-order valence-electron chi connectivity index (χ1n) is 4.01. The molecule has 3 unspecified atom stereocenters. The van der Waals surface area contributed by atoms with E-state index in [9.17, 15) is 4.79 Å². The Morgan fingerprint density at radius 3 is 2.31 bits per heavy atom. The Morgan fingerprint density at radius 2 is 2.08 bits per heavy atom. The van der Waals surface area contributed by atoms with Crippen LogP contribution in [0.2, 0.25) is 0 Å². The van der Waals surface area contributed by atoms with E-state index in [1.165, 1.54) is 0 Å². The summed E-state index contributed by atoms with van der Waals surface area (Å²) in [4.78, 5) is 10.9. The summed E-state index contributed by atoms with van der Waals surface area (Å²) < 4.78 is 0.814. The van der Waals surface area contributed by atoms with Crippen LogP contribution in [-0.2, 0) is 4.79 Å². The molecule has 0 aliphatic heterocycles. The maximum atomic E-state index is 10.8. The zero-order valence-corrected chi connectivity index (χ0v) is 10.7. The van der Waals surface area contributed by atoms with E-state index in [1.807, 2.05) is 13.8 Å². The Balaban J connectivity index is 2.76. The zero-order chi connectivity index (χ0) is 10.4. The van der Waals surface area contributed by atoms with Gasteiger partial charge in [0.1, 0.15) is 0 Å². The van der Waals surface area contributed by atoms with Crippen LogP contribution < -0.4 is 0 Å². The lowest BCUT2D eigenvalue weighted by Crippen LogP contribution is -2.07. The number of alkyl halides is 1. The minimum atomic E-state index is -0.715. The summed E-state index contributed by atoms with van der Waals surface area (Å²) in [5, 5.41) is 8.92. The third-order valence-corrected chi connectivity index (χ3v) is 5.02. The average molecular weight is 312 g/mol. The SMILES string of the molecule is C=C(Br)C(Br)C1C(C(=O)O)C1(C)C. The van der Waals surface area contributed by atoms with Gasteiger partial charge in [0.05, 0.1) is 5.92 Å². The van der Waals surface area contributed by atoms with Crippen molar-refractivity contribution in [2.75, 3.05) is 0 Å². The topological polar surface area (TPSA) is 37.3 Å². The van der Waals surface area contributed by atoms with E-state index in [-0.39, 0.29) is 22.1 Å². The molecule has 74 valence electrons. The highest BCUT2D eigenvalue weighted by Crippen LogP contribution is 2.62. The Bertz CT molecular complexity index is 260. The first kappa shape index (κ1) is 11.2. The third kappa shape index (κ3) is 1.84. The van der Waals surface area contributed by atoms with Crippen molar-refractivity contribution in [2.45, 2.75) is 18.7 Å². The van der Waals surface area contributed by atoms with Crippen LogP contribution in [-0.4, -0.2) is 15.9 Å². The summed E-state index contributed by atoms with van der Waals surface area (Å²) in [6.07, 6.45) is 0. The maximum absolute atomic E-state index is 10.8. The normalized spacial score (nSPS) is 32.3. The predicted molar refractivity (Wildman–Crippen MR) is 59.2 cm³/mol. The molecule has 0 spiro atoms. The molecule has 1 fully saturated rings. The van der Waals surface area contributed by atoms with Gasteiger partial charge in [-0.05, 0) is 11.3 Å². The molecule has 1 rings (SSSR count). The van der Waals surface area contributed by atoms with Crippen LogP contribution in [0.25, 0.3) is 0 Å².